The molecule has 0 aromatic heterocycles. The first kappa shape index (κ1) is 17.5. The highest BCUT2D eigenvalue weighted by Gasteiger charge is 2.60. The lowest BCUT2D eigenvalue weighted by Gasteiger charge is -2.36. The van der Waals surface area contributed by atoms with Crippen molar-refractivity contribution in [3.8, 4) is 17.2 Å². The number of phenols is 1. The number of allylic oxidation sites excluding steroid dienone is 1. The molecule has 0 amide bonds. The molecule has 134 valence electrons. The fraction of sp³-hybridized carbons (Fsp3) is 0.375. The fourth-order valence-electron chi connectivity index (χ4n) is 3.19. The average molecular weight is 375 g/mol. The minimum Gasteiger partial charge on any atom is -0.506 e. The normalized spacial score (nSPS) is 25.0. The van der Waals surface area contributed by atoms with Gasteiger partial charge in [0.15, 0.2) is 17.3 Å². The van der Waals surface area contributed by atoms with Crippen LogP contribution in [0.25, 0.3) is 0 Å². The van der Waals surface area contributed by atoms with Crippen LogP contribution in [0.5, 0.6) is 17.2 Å². The number of carbonyl (C=O) groups is 2. The molecule has 2 aliphatic rings. The summed E-state index contributed by atoms with van der Waals surface area (Å²) in [6, 6.07) is 0.822. The molecular formula is C16H13ClF2O6. The zero-order chi connectivity index (χ0) is 18.5. The fourth-order valence-corrected chi connectivity index (χ4v) is 3.38. The maximum Gasteiger partial charge on any atom is 0.387 e. The third kappa shape index (κ3) is 2.43. The number of phenolic OH excluding ortho intramolecular Hbond substituents is 1. The van der Waals surface area contributed by atoms with Crippen LogP contribution in [0.15, 0.2) is 17.9 Å². The van der Waals surface area contributed by atoms with Crippen molar-refractivity contribution in [2.75, 3.05) is 7.11 Å². The van der Waals surface area contributed by atoms with E-state index < -0.39 is 35.4 Å². The highest BCUT2D eigenvalue weighted by Crippen LogP contribution is 2.54. The van der Waals surface area contributed by atoms with E-state index in [0.717, 1.165) is 12.1 Å². The van der Waals surface area contributed by atoms with Crippen LogP contribution in [0.4, 0.5) is 8.78 Å². The van der Waals surface area contributed by atoms with Gasteiger partial charge < -0.3 is 19.3 Å². The lowest BCUT2D eigenvalue weighted by Crippen LogP contribution is -2.51. The molecule has 1 aromatic carbocycles. The Morgan fingerprint density at radius 1 is 1.44 bits per heavy atom. The molecule has 3 rings (SSSR count). The highest BCUT2D eigenvalue weighted by atomic mass is 35.5. The van der Waals surface area contributed by atoms with Gasteiger partial charge in [0, 0.05) is 24.5 Å². The highest BCUT2D eigenvalue weighted by molar-refractivity contribution is 6.35. The number of ether oxygens (including phenoxy) is 3. The summed E-state index contributed by atoms with van der Waals surface area (Å²) in [5, 5.41) is 9.51. The van der Waals surface area contributed by atoms with Crippen LogP contribution >= 0.6 is 11.6 Å². The number of fused-ring (bicyclic) bond motifs is 1. The number of carbonyl (C=O) groups excluding carboxylic acids is 2. The summed E-state index contributed by atoms with van der Waals surface area (Å²) in [4.78, 5) is 24.9. The van der Waals surface area contributed by atoms with Gasteiger partial charge in [0.25, 0.3) is 0 Å². The number of hydrogen-bond acceptors (Lipinski definition) is 6. The lowest BCUT2D eigenvalue weighted by molar-refractivity contribution is -0.118. The Hall–Kier alpha value is -2.35. The van der Waals surface area contributed by atoms with Gasteiger partial charge in [-0.3, -0.25) is 9.59 Å². The number of rotatable bonds is 3. The quantitative estimate of drug-likeness (QED) is 0.875. The van der Waals surface area contributed by atoms with Gasteiger partial charge in [0.1, 0.15) is 22.1 Å². The van der Waals surface area contributed by atoms with Crippen molar-refractivity contribution in [2.24, 2.45) is 5.92 Å². The lowest BCUT2D eigenvalue weighted by atomic mass is 9.75. The summed E-state index contributed by atoms with van der Waals surface area (Å²) in [5.74, 6) is -3.13. The second-order valence-electron chi connectivity index (χ2n) is 5.74. The Bertz CT molecular complexity index is 806. The van der Waals surface area contributed by atoms with Crippen molar-refractivity contribution in [3.05, 3.63) is 28.5 Å². The molecule has 0 saturated carbocycles. The van der Waals surface area contributed by atoms with Crippen LogP contribution in [-0.4, -0.2) is 36.0 Å². The van der Waals surface area contributed by atoms with Crippen LogP contribution in [0, 0.1) is 5.92 Å². The molecule has 1 aromatic rings. The Morgan fingerprint density at radius 3 is 2.72 bits per heavy atom. The predicted octanol–water partition coefficient (Wildman–Crippen LogP) is 3.10. The first-order chi connectivity index (χ1) is 11.7. The summed E-state index contributed by atoms with van der Waals surface area (Å²) in [6.07, 6.45) is 1.12. The van der Waals surface area contributed by atoms with Crippen molar-refractivity contribution in [1.82, 2.24) is 0 Å². The monoisotopic (exact) mass is 374 g/mol. The Morgan fingerprint density at radius 2 is 2.12 bits per heavy atom. The number of Topliss-reactive ketones (excluding diaryl/α,β-unsaturated/α-hetero) is 1. The van der Waals surface area contributed by atoms with Gasteiger partial charge in [-0.25, -0.2) is 0 Å². The minimum atomic E-state index is -3.23. The van der Waals surface area contributed by atoms with Crippen molar-refractivity contribution >= 4 is 23.2 Å². The zero-order valence-corrected chi connectivity index (χ0v) is 13.9. The van der Waals surface area contributed by atoms with Gasteiger partial charge in [0.05, 0.1) is 7.11 Å². The molecule has 2 atom stereocenters. The van der Waals surface area contributed by atoms with Crippen molar-refractivity contribution in [1.29, 1.82) is 0 Å². The van der Waals surface area contributed by atoms with Gasteiger partial charge in [-0.1, -0.05) is 18.5 Å². The molecule has 1 aliphatic heterocycles. The molecule has 0 bridgehead atoms. The Kier molecular flexibility index (Phi) is 4.10. The average Bonchev–Trinajstić information content (AvgIpc) is 2.83. The van der Waals surface area contributed by atoms with E-state index in [4.69, 9.17) is 21.1 Å². The number of methoxy groups -OCH3 is 1. The van der Waals surface area contributed by atoms with Crippen LogP contribution < -0.4 is 9.47 Å². The first-order valence-corrected chi connectivity index (χ1v) is 7.63. The molecule has 6 nitrogen and oxygen atoms in total. The molecular weight excluding hydrogens is 362 g/mol. The van der Waals surface area contributed by atoms with Gasteiger partial charge in [-0.15, -0.1) is 0 Å². The second kappa shape index (κ2) is 5.87. The Balaban J connectivity index is 2.23. The summed E-state index contributed by atoms with van der Waals surface area (Å²) in [5.41, 5.74) is -2.06. The van der Waals surface area contributed by atoms with Gasteiger partial charge in [-0.2, -0.15) is 8.78 Å². The summed E-state index contributed by atoms with van der Waals surface area (Å²) >= 11 is 5.98. The van der Waals surface area contributed by atoms with E-state index in [0.29, 0.717) is 0 Å². The molecule has 25 heavy (non-hydrogen) atoms. The summed E-state index contributed by atoms with van der Waals surface area (Å²) < 4.78 is 40.6. The van der Waals surface area contributed by atoms with Gasteiger partial charge in [-0.05, 0) is 0 Å². The Labute approximate surface area is 145 Å². The molecule has 0 saturated heterocycles. The summed E-state index contributed by atoms with van der Waals surface area (Å²) in [6.45, 7) is -1.63. The molecule has 0 unspecified atom stereocenters. The second-order valence-corrected chi connectivity index (χ2v) is 6.12. The maximum absolute atomic E-state index is 13.1. The zero-order valence-electron chi connectivity index (χ0n) is 13.1. The predicted molar refractivity (Wildman–Crippen MR) is 81.3 cm³/mol. The molecule has 1 heterocycles. The number of aromatic hydroxyl groups is 1. The minimum absolute atomic E-state index is 0.0127. The SMILES string of the molecule is COC1=CC(=O)C[C@@H](C)[C@]12Oc1c(Cl)c(O)cc(OC(F)F)c1C2=O. The van der Waals surface area contributed by atoms with Crippen LogP contribution in [-0.2, 0) is 9.53 Å². The number of benzene rings is 1. The first-order valence-electron chi connectivity index (χ1n) is 7.25. The molecule has 1 spiro atoms. The van der Waals surface area contributed by atoms with E-state index in [1.165, 1.54) is 7.11 Å². The number of alkyl halides is 2. The van der Waals surface area contributed by atoms with Crippen LogP contribution in [0.2, 0.25) is 5.02 Å². The smallest absolute Gasteiger partial charge is 0.387 e. The van der Waals surface area contributed by atoms with Crippen molar-refractivity contribution < 1.29 is 37.7 Å². The van der Waals surface area contributed by atoms with Crippen LogP contribution in [0.1, 0.15) is 23.7 Å². The number of hydrogen-bond donors (Lipinski definition) is 1. The van der Waals surface area contributed by atoms with Crippen LogP contribution in [0.3, 0.4) is 0 Å². The molecule has 0 fully saturated rings. The van der Waals surface area contributed by atoms with E-state index in [2.05, 4.69) is 4.74 Å². The van der Waals surface area contributed by atoms with E-state index >= 15 is 0 Å². The molecule has 0 radical (unpaired) electrons. The topological polar surface area (TPSA) is 82.1 Å². The standard InChI is InChI=1S/C16H13ClF2O6/c1-6-3-7(20)4-10(23-2)16(6)14(22)11-9(24-15(18)19)5-8(21)12(17)13(11)25-16/h4-6,15,21H,3H2,1-2H3/t6-,16+/m1/s1. The van der Waals surface area contributed by atoms with E-state index in [9.17, 15) is 23.5 Å². The van der Waals surface area contributed by atoms with Crippen molar-refractivity contribution in [3.63, 3.8) is 0 Å². The third-order valence-electron chi connectivity index (χ3n) is 4.29. The number of ketones is 2. The summed E-state index contributed by atoms with van der Waals surface area (Å²) in [7, 11) is 1.26. The van der Waals surface area contributed by atoms with E-state index in [1.54, 1.807) is 6.92 Å². The molecule has 1 aliphatic carbocycles. The molecule has 9 heteroatoms. The maximum atomic E-state index is 13.1. The molecule has 1 N–H and O–H groups in total. The van der Waals surface area contributed by atoms with Crippen molar-refractivity contribution in [2.45, 2.75) is 25.6 Å². The van der Waals surface area contributed by atoms with E-state index in [-0.39, 0.29) is 34.3 Å². The van der Waals surface area contributed by atoms with E-state index in [1.807, 2.05) is 0 Å². The van der Waals surface area contributed by atoms with Gasteiger partial charge in [0.2, 0.25) is 11.4 Å². The number of halogens is 3. The third-order valence-corrected chi connectivity index (χ3v) is 4.65. The van der Waals surface area contributed by atoms with Gasteiger partial charge >= 0.3 is 6.61 Å². The largest absolute Gasteiger partial charge is 0.506 e.